The maximum absolute atomic E-state index is 12.7. The number of nitro groups is 1. The van der Waals surface area contributed by atoms with E-state index in [-0.39, 0.29) is 36.5 Å². The quantitative estimate of drug-likeness (QED) is 0.293. The van der Waals surface area contributed by atoms with Gasteiger partial charge < -0.3 is 20.7 Å². The van der Waals surface area contributed by atoms with E-state index < -0.39 is 10.8 Å². The largest absolute Gasteiger partial charge is 0.444 e. The molecule has 190 valence electrons. The molecule has 0 atom stereocenters. The Morgan fingerprint density at radius 3 is 2.54 bits per heavy atom. The molecule has 1 fully saturated rings. The van der Waals surface area contributed by atoms with Gasteiger partial charge in [0.2, 0.25) is 0 Å². The Morgan fingerprint density at radius 2 is 1.78 bits per heavy atom. The van der Waals surface area contributed by atoms with Crippen LogP contribution >= 0.6 is 0 Å². The van der Waals surface area contributed by atoms with Gasteiger partial charge in [-0.25, -0.2) is 4.79 Å². The molecule has 10 heteroatoms. The first-order valence-corrected chi connectivity index (χ1v) is 12.1. The highest BCUT2D eigenvalue weighted by Gasteiger charge is 2.35. The number of para-hydroxylation sites is 2. The molecule has 2 heterocycles. The molecular formula is C27H27N5O5. The standard InChI is InChI=1S/C27H27N5O5/c28-22-7-3-1-5-19(22)16-29-26(33)18-9-10-24(25(15-18)32(35)36)30-13-11-21(12-14-30)31-23-8-4-2-6-20(23)17-37-27(31)34/h1-10,15,21H,11-14,16-17,28H2,(H,29,33). The summed E-state index contributed by atoms with van der Waals surface area (Å²) in [6, 6.07) is 19.3. The molecule has 0 aromatic heterocycles. The molecule has 3 aromatic rings. The number of amides is 2. The Hall–Kier alpha value is -4.60. The number of nitro benzene ring substituents is 1. The second-order valence-corrected chi connectivity index (χ2v) is 9.11. The number of hydrogen-bond donors (Lipinski definition) is 2. The van der Waals surface area contributed by atoms with E-state index in [1.54, 1.807) is 23.1 Å². The predicted molar refractivity (Wildman–Crippen MR) is 139 cm³/mol. The Bertz CT molecular complexity index is 1350. The first-order valence-electron chi connectivity index (χ1n) is 12.1. The van der Waals surface area contributed by atoms with Crippen molar-refractivity contribution >= 4 is 34.7 Å². The van der Waals surface area contributed by atoms with Crippen LogP contribution in [0.15, 0.2) is 66.7 Å². The summed E-state index contributed by atoms with van der Waals surface area (Å²) in [4.78, 5) is 40.4. The fraction of sp³-hybridized carbons (Fsp3) is 0.259. The highest BCUT2D eigenvalue weighted by atomic mass is 16.6. The Labute approximate surface area is 213 Å². The fourth-order valence-electron chi connectivity index (χ4n) is 4.94. The molecule has 3 aromatic carbocycles. The summed E-state index contributed by atoms with van der Waals surface area (Å²) in [6.45, 7) is 1.53. The minimum Gasteiger partial charge on any atom is -0.444 e. The van der Waals surface area contributed by atoms with Crippen molar-refractivity contribution in [2.75, 3.05) is 28.6 Å². The second-order valence-electron chi connectivity index (χ2n) is 9.11. The summed E-state index contributed by atoms with van der Waals surface area (Å²) in [6.07, 6.45) is 0.888. The number of ether oxygens (including phenoxy) is 1. The Balaban J connectivity index is 1.28. The van der Waals surface area contributed by atoms with Crippen LogP contribution < -0.4 is 20.9 Å². The number of anilines is 3. The van der Waals surface area contributed by atoms with Gasteiger partial charge in [-0.3, -0.25) is 19.8 Å². The van der Waals surface area contributed by atoms with Gasteiger partial charge in [0.15, 0.2) is 0 Å². The monoisotopic (exact) mass is 501 g/mol. The minimum absolute atomic E-state index is 0.0697. The van der Waals surface area contributed by atoms with Crippen molar-refractivity contribution in [2.45, 2.75) is 32.0 Å². The molecule has 2 amide bonds. The number of nitrogen functional groups attached to an aromatic ring is 1. The smallest absolute Gasteiger partial charge is 0.414 e. The molecule has 0 saturated carbocycles. The zero-order chi connectivity index (χ0) is 25.9. The third-order valence-electron chi connectivity index (χ3n) is 6.90. The number of nitrogens with one attached hydrogen (secondary N) is 1. The first-order chi connectivity index (χ1) is 17.9. The highest BCUT2D eigenvalue weighted by molar-refractivity contribution is 5.96. The van der Waals surface area contributed by atoms with Gasteiger partial charge in [0.05, 0.1) is 10.6 Å². The van der Waals surface area contributed by atoms with E-state index >= 15 is 0 Å². The van der Waals surface area contributed by atoms with E-state index in [1.165, 1.54) is 6.07 Å². The molecule has 2 aliphatic rings. The lowest BCUT2D eigenvalue weighted by Crippen LogP contribution is -2.49. The average Bonchev–Trinajstić information content (AvgIpc) is 2.92. The Kier molecular flexibility index (Phi) is 6.63. The van der Waals surface area contributed by atoms with Gasteiger partial charge in [-0.1, -0.05) is 36.4 Å². The third kappa shape index (κ3) is 4.90. The number of benzene rings is 3. The van der Waals surface area contributed by atoms with Crippen LogP contribution in [0.25, 0.3) is 0 Å². The zero-order valence-electron chi connectivity index (χ0n) is 20.1. The maximum atomic E-state index is 12.7. The third-order valence-corrected chi connectivity index (χ3v) is 6.90. The van der Waals surface area contributed by atoms with Gasteiger partial charge in [0, 0.05) is 48.6 Å². The molecule has 0 aliphatic carbocycles. The predicted octanol–water partition coefficient (Wildman–Crippen LogP) is 4.23. The van der Waals surface area contributed by atoms with E-state index in [0.717, 1.165) is 16.8 Å². The van der Waals surface area contributed by atoms with Crippen LogP contribution in [-0.4, -0.2) is 36.1 Å². The number of nitrogens with two attached hydrogens (primary N) is 1. The summed E-state index contributed by atoms with van der Waals surface area (Å²) in [5.41, 5.74) is 9.60. The van der Waals surface area contributed by atoms with Crippen LogP contribution in [0.1, 0.15) is 34.3 Å². The van der Waals surface area contributed by atoms with Crippen LogP contribution in [0.3, 0.4) is 0 Å². The first kappa shape index (κ1) is 24.1. The van der Waals surface area contributed by atoms with Crippen molar-refractivity contribution in [2.24, 2.45) is 0 Å². The molecule has 2 aliphatic heterocycles. The molecule has 0 spiro atoms. The van der Waals surface area contributed by atoms with Crippen LogP contribution in [0, 0.1) is 10.1 Å². The molecule has 0 bridgehead atoms. The van der Waals surface area contributed by atoms with Gasteiger partial charge in [-0.05, 0) is 42.7 Å². The number of piperidine rings is 1. The lowest BCUT2D eigenvalue weighted by atomic mass is 9.99. The number of carbonyl (C=O) groups excluding carboxylic acids is 2. The minimum atomic E-state index is -0.467. The highest BCUT2D eigenvalue weighted by Crippen LogP contribution is 2.35. The molecular weight excluding hydrogens is 474 g/mol. The summed E-state index contributed by atoms with van der Waals surface area (Å²) in [5.74, 6) is -0.418. The number of nitrogens with zero attached hydrogens (tertiary/aromatic N) is 3. The van der Waals surface area contributed by atoms with E-state index in [4.69, 9.17) is 10.5 Å². The van der Waals surface area contributed by atoms with Gasteiger partial charge in [0.25, 0.3) is 11.6 Å². The average molecular weight is 502 g/mol. The zero-order valence-corrected chi connectivity index (χ0v) is 20.1. The lowest BCUT2D eigenvalue weighted by Gasteiger charge is -2.40. The molecule has 10 nitrogen and oxygen atoms in total. The van der Waals surface area contributed by atoms with Crippen LogP contribution in [0.4, 0.5) is 27.5 Å². The van der Waals surface area contributed by atoms with Crippen molar-refractivity contribution < 1.29 is 19.2 Å². The molecule has 3 N–H and O–H groups in total. The maximum Gasteiger partial charge on any atom is 0.414 e. The van der Waals surface area contributed by atoms with E-state index in [1.807, 2.05) is 47.4 Å². The lowest BCUT2D eigenvalue weighted by molar-refractivity contribution is -0.384. The van der Waals surface area contributed by atoms with Crippen molar-refractivity contribution in [3.05, 3.63) is 93.5 Å². The summed E-state index contributed by atoms with van der Waals surface area (Å²) in [5, 5.41) is 14.7. The molecule has 5 rings (SSSR count). The Morgan fingerprint density at radius 1 is 1.05 bits per heavy atom. The van der Waals surface area contributed by atoms with E-state index in [0.29, 0.717) is 37.3 Å². The fourth-order valence-corrected chi connectivity index (χ4v) is 4.94. The van der Waals surface area contributed by atoms with Crippen molar-refractivity contribution in [3.8, 4) is 0 Å². The number of carbonyl (C=O) groups is 2. The van der Waals surface area contributed by atoms with E-state index in [9.17, 15) is 19.7 Å². The van der Waals surface area contributed by atoms with Gasteiger partial charge in [-0.2, -0.15) is 0 Å². The second kappa shape index (κ2) is 10.2. The molecule has 1 saturated heterocycles. The van der Waals surface area contributed by atoms with Crippen molar-refractivity contribution in [3.63, 3.8) is 0 Å². The number of hydrogen-bond acceptors (Lipinski definition) is 7. The van der Waals surface area contributed by atoms with Crippen molar-refractivity contribution in [1.82, 2.24) is 5.32 Å². The SMILES string of the molecule is Nc1ccccc1CNC(=O)c1ccc(N2CCC(N3C(=O)OCc4ccccc43)CC2)c([N+](=O)[O-])c1. The normalized spacial score (nSPS) is 15.6. The number of rotatable bonds is 6. The summed E-state index contributed by atoms with van der Waals surface area (Å²) >= 11 is 0. The van der Waals surface area contributed by atoms with Crippen LogP contribution in [0.2, 0.25) is 0 Å². The van der Waals surface area contributed by atoms with Crippen molar-refractivity contribution in [1.29, 1.82) is 0 Å². The summed E-state index contributed by atoms with van der Waals surface area (Å²) < 4.78 is 5.36. The van der Waals surface area contributed by atoms with Gasteiger partial charge in [-0.15, -0.1) is 0 Å². The molecule has 0 unspecified atom stereocenters. The van der Waals surface area contributed by atoms with Gasteiger partial charge in [0.1, 0.15) is 12.3 Å². The van der Waals surface area contributed by atoms with Gasteiger partial charge >= 0.3 is 6.09 Å². The number of fused-ring (bicyclic) bond motifs is 1. The van der Waals surface area contributed by atoms with Crippen LogP contribution in [-0.2, 0) is 17.9 Å². The topological polar surface area (TPSA) is 131 Å². The number of cyclic esters (lactones) is 1. The molecule has 0 radical (unpaired) electrons. The van der Waals surface area contributed by atoms with E-state index in [2.05, 4.69) is 5.32 Å². The summed E-state index contributed by atoms with van der Waals surface area (Å²) in [7, 11) is 0. The van der Waals surface area contributed by atoms with Crippen LogP contribution in [0.5, 0.6) is 0 Å². The molecule has 37 heavy (non-hydrogen) atoms.